The van der Waals surface area contributed by atoms with Gasteiger partial charge in [0, 0.05) is 11.8 Å². The molecule has 94 valence electrons. The van der Waals surface area contributed by atoms with E-state index in [-0.39, 0.29) is 5.41 Å². The molecule has 1 aromatic rings. The van der Waals surface area contributed by atoms with Gasteiger partial charge in [-0.2, -0.15) is 0 Å². The van der Waals surface area contributed by atoms with E-state index in [1.807, 2.05) is 20.8 Å². The van der Waals surface area contributed by atoms with Crippen LogP contribution in [0.25, 0.3) is 0 Å². The Morgan fingerprint density at radius 3 is 2.29 bits per heavy atom. The van der Waals surface area contributed by atoms with Crippen LogP contribution in [0.3, 0.4) is 0 Å². The van der Waals surface area contributed by atoms with Gasteiger partial charge in [0.05, 0.1) is 0 Å². The summed E-state index contributed by atoms with van der Waals surface area (Å²) in [5.41, 5.74) is 3.55. The third-order valence-corrected chi connectivity index (χ3v) is 3.17. The maximum absolute atomic E-state index is 12.0. The van der Waals surface area contributed by atoms with Crippen LogP contribution in [-0.4, -0.2) is 5.78 Å². The van der Waals surface area contributed by atoms with E-state index in [4.69, 9.17) is 0 Å². The summed E-state index contributed by atoms with van der Waals surface area (Å²) in [6.07, 6.45) is 0.545. The van der Waals surface area contributed by atoms with Gasteiger partial charge in [-0.05, 0) is 29.5 Å². The van der Waals surface area contributed by atoms with E-state index in [2.05, 4.69) is 39.0 Å². The highest BCUT2D eigenvalue weighted by Crippen LogP contribution is 2.23. The molecule has 0 atom stereocenters. The van der Waals surface area contributed by atoms with E-state index in [1.165, 1.54) is 11.1 Å². The maximum Gasteiger partial charge on any atom is 0.142 e. The second-order valence-corrected chi connectivity index (χ2v) is 6.20. The second-order valence-electron chi connectivity index (χ2n) is 6.20. The molecule has 0 fully saturated rings. The molecule has 17 heavy (non-hydrogen) atoms. The summed E-state index contributed by atoms with van der Waals surface area (Å²) in [5, 5.41) is 0. The van der Waals surface area contributed by atoms with E-state index in [1.54, 1.807) is 0 Å². The first-order chi connectivity index (χ1) is 7.71. The van der Waals surface area contributed by atoms with Gasteiger partial charge >= 0.3 is 0 Å². The Labute approximate surface area is 105 Å². The number of ketones is 1. The Kier molecular flexibility index (Phi) is 4.13. The van der Waals surface area contributed by atoms with Crippen LogP contribution in [0.2, 0.25) is 0 Å². The molecule has 0 bridgehead atoms. The Morgan fingerprint density at radius 1 is 1.24 bits per heavy atom. The van der Waals surface area contributed by atoms with E-state index < -0.39 is 0 Å². The van der Waals surface area contributed by atoms with Gasteiger partial charge in [-0.15, -0.1) is 0 Å². The average Bonchev–Trinajstić information content (AvgIpc) is 2.19. The molecule has 0 heterocycles. The van der Waals surface area contributed by atoms with Crippen LogP contribution < -0.4 is 0 Å². The summed E-state index contributed by atoms with van der Waals surface area (Å²) in [4.78, 5) is 12.0. The lowest BCUT2D eigenvalue weighted by molar-refractivity contribution is -0.125. The molecule has 0 N–H and O–H groups in total. The van der Waals surface area contributed by atoms with Crippen molar-refractivity contribution in [3.63, 3.8) is 0 Å². The van der Waals surface area contributed by atoms with Crippen molar-refractivity contribution in [1.82, 2.24) is 0 Å². The Balaban J connectivity index is 2.94. The lowest BCUT2D eigenvalue weighted by Crippen LogP contribution is -2.22. The van der Waals surface area contributed by atoms with E-state index in [0.717, 1.165) is 5.56 Å². The van der Waals surface area contributed by atoms with Crippen LogP contribution in [0, 0.1) is 12.3 Å². The number of benzene rings is 1. The minimum absolute atomic E-state index is 0.247. The lowest BCUT2D eigenvalue weighted by Gasteiger charge is -2.17. The molecular weight excluding hydrogens is 208 g/mol. The maximum atomic E-state index is 12.0. The number of aryl methyl sites for hydroxylation is 1. The molecule has 0 radical (unpaired) electrons. The average molecular weight is 232 g/mol. The molecule has 1 heteroatoms. The number of hydrogen-bond donors (Lipinski definition) is 0. The molecule has 0 aliphatic carbocycles. The van der Waals surface area contributed by atoms with E-state index in [9.17, 15) is 4.79 Å². The highest BCUT2D eigenvalue weighted by molar-refractivity contribution is 5.85. The van der Waals surface area contributed by atoms with Crippen molar-refractivity contribution in [2.45, 2.75) is 53.9 Å². The Morgan fingerprint density at radius 2 is 1.82 bits per heavy atom. The molecule has 0 spiro atoms. The molecule has 1 aromatic carbocycles. The van der Waals surface area contributed by atoms with Crippen LogP contribution in [-0.2, 0) is 11.2 Å². The predicted octanol–water partition coefficient (Wildman–Crippen LogP) is 4.28. The minimum Gasteiger partial charge on any atom is -0.299 e. The van der Waals surface area contributed by atoms with Crippen LogP contribution in [0.1, 0.15) is 57.2 Å². The van der Waals surface area contributed by atoms with Crippen molar-refractivity contribution in [2.24, 2.45) is 5.41 Å². The summed E-state index contributed by atoms with van der Waals surface area (Å²) >= 11 is 0. The number of hydrogen-bond acceptors (Lipinski definition) is 1. The van der Waals surface area contributed by atoms with Crippen molar-refractivity contribution in [1.29, 1.82) is 0 Å². The fourth-order valence-corrected chi connectivity index (χ4v) is 1.87. The first-order valence-electron chi connectivity index (χ1n) is 6.34. The molecule has 0 aliphatic rings. The predicted molar refractivity (Wildman–Crippen MR) is 73.4 cm³/mol. The first kappa shape index (κ1) is 14.0. The third kappa shape index (κ3) is 3.69. The summed E-state index contributed by atoms with van der Waals surface area (Å²) in [6.45, 7) is 12.5. The monoisotopic (exact) mass is 232 g/mol. The van der Waals surface area contributed by atoms with Crippen LogP contribution in [0.5, 0.6) is 0 Å². The summed E-state index contributed by atoms with van der Waals surface area (Å²) in [7, 11) is 0. The van der Waals surface area contributed by atoms with Gasteiger partial charge in [0.2, 0.25) is 0 Å². The van der Waals surface area contributed by atoms with Crippen LogP contribution in [0.15, 0.2) is 18.2 Å². The summed E-state index contributed by atoms with van der Waals surface area (Å²) in [6, 6.07) is 6.38. The molecule has 0 saturated carbocycles. The zero-order chi connectivity index (χ0) is 13.2. The van der Waals surface area contributed by atoms with E-state index >= 15 is 0 Å². The molecule has 0 amide bonds. The zero-order valence-corrected chi connectivity index (χ0v) is 11.9. The van der Waals surface area contributed by atoms with Gasteiger partial charge in [0.15, 0.2) is 0 Å². The van der Waals surface area contributed by atoms with Gasteiger partial charge in [0.25, 0.3) is 0 Å². The van der Waals surface area contributed by atoms with Gasteiger partial charge in [-0.3, -0.25) is 4.79 Å². The van der Waals surface area contributed by atoms with Crippen LogP contribution in [0.4, 0.5) is 0 Å². The van der Waals surface area contributed by atoms with Gasteiger partial charge in [0.1, 0.15) is 5.78 Å². The van der Waals surface area contributed by atoms with Crippen molar-refractivity contribution in [3.05, 3.63) is 34.9 Å². The minimum atomic E-state index is -0.247. The molecule has 0 aromatic heterocycles. The summed E-state index contributed by atoms with van der Waals surface area (Å²) in [5.74, 6) is 0.816. The first-order valence-corrected chi connectivity index (χ1v) is 6.34. The summed E-state index contributed by atoms with van der Waals surface area (Å²) < 4.78 is 0. The normalized spacial score (nSPS) is 11.9. The molecule has 1 nitrogen and oxygen atoms in total. The molecular formula is C16H24O. The molecule has 0 saturated heterocycles. The second kappa shape index (κ2) is 5.03. The number of Topliss-reactive ketones (excluding diaryl/α,β-unsaturated/α-hetero) is 1. The topological polar surface area (TPSA) is 17.1 Å². The van der Waals surface area contributed by atoms with Gasteiger partial charge in [-0.25, -0.2) is 0 Å². The Hall–Kier alpha value is -1.11. The number of carbonyl (C=O) groups is 1. The highest BCUT2D eigenvalue weighted by Gasteiger charge is 2.21. The van der Waals surface area contributed by atoms with Crippen LogP contribution >= 0.6 is 0 Å². The molecule has 0 unspecified atom stereocenters. The van der Waals surface area contributed by atoms with Crippen molar-refractivity contribution >= 4 is 5.78 Å². The van der Waals surface area contributed by atoms with Crippen molar-refractivity contribution in [2.75, 3.05) is 0 Å². The fourth-order valence-electron chi connectivity index (χ4n) is 1.87. The number of rotatable bonds is 3. The SMILES string of the molecule is Cc1ccc(CC(=O)C(C)(C)C)cc1C(C)C. The molecule has 1 rings (SSSR count). The van der Waals surface area contributed by atoms with Crippen molar-refractivity contribution < 1.29 is 4.79 Å². The van der Waals surface area contributed by atoms with Gasteiger partial charge < -0.3 is 0 Å². The van der Waals surface area contributed by atoms with Crippen molar-refractivity contribution in [3.8, 4) is 0 Å². The lowest BCUT2D eigenvalue weighted by atomic mass is 9.86. The highest BCUT2D eigenvalue weighted by atomic mass is 16.1. The zero-order valence-electron chi connectivity index (χ0n) is 11.9. The fraction of sp³-hybridized carbons (Fsp3) is 0.562. The smallest absolute Gasteiger partial charge is 0.142 e. The Bertz CT molecular complexity index is 408. The largest absolute Gasteiger partial charge is 0.299 e. The molecule has 0 aliphatic heterocycles. The third-order valence-electron chi connectivity index (χ3n) is 3.17. The standard InChI is InChI=1S/C16H24O/c1-11(2)14-9-13(8-7-12(14)3)10-15(17)16(4,5)6/h7-9,11H,10H2,1-6H3. The number of carbonyl (C=O) groups excluding carboxylic acids is 1. The van der Waals surface area contributed by atoms with E-state index in [0.29, 0.717) is 18.1 Å². The quantitative estimate of drug-likeness (QED) is 0.760. The van der Waals surface area contributed by atoms with Gasteiger partial charge in [-0.1, -0.05) is 52.8 Å².